The maximum absolute atomic E-state index is 12.2. The number of rotatable bonds is 6. The summed E-state index contributed by atoms with van der Waals surface area (Å²) < 4.78 is 0. The number of nitrogens with one attached hydrogen (secondary N) is 2. The summed E-state index contributed by atoms with van der Waals surface area (Å²) in [6, 6.07) is 15.5. The van der Waals surface area contributed by atoms with E-state index in [9.17, 15) is 9.90 Å². The van der Waals surface area contributed by atoms with Crippen molar-refractivity contribution in [2.75, 3.05) is 42.9 Å². The molecule has 1 aliphatic carbocycles. The zero-order valence-corrected chi connectivity index (χ0v) is 18.8. The van der Waals surface area contributed by atoms with Crippen molar-refractivity contribution in [2.45, 2.75) is 32.7 Å². The van der Waals surface area contributed by atoms with Gasteiger partial charge in [-0.2, -0.15) is 0 Å². The van der Waals surface area contributed by atoms with Crippen LogP contribution < -0.4 is 15.5 Å². The zero-order chi connectivity index (χ0) is 22.3. The smallest absolute Gasteiger partial charge is 0.227 e. The number of benzene rings is 2. The Bertz CT molecular complexity index is 949. The highest BCUT2D eigenvalue weighted by atomic mass is 16.3. The van der Waals surface area contributed by atoms with Gasteiger partial charge in [-0.1, -0.05) is 30.7 Å². The summed E-state index contributed by atoms with van der Waals surface area (Å²) in [6.45, 7) is 6.74. The number of carbonyl (C=O) groups excluding carboxylic acids is 1. The molecule has 3 N–H and O–H groups in total. The normalized spacial score (nSPS) is 17.1. The van der Waals surface area contributed by atoms with Crippen LogP contribution in [0.3, 0.4) is 0 Å². The van der Waals surface area contributed by atoms with Crippen LogP contribution >= 0.6 is 0 Å². The molecule has 32 heavy (non-hydrogen) atoms. The Labute approximate surface area is 190 Å². The molecule has 2 fully saturated rings. The fourth-order valence-corrected chi connectivity index (χ4v) is 4.14. The summed E-state index contributed by atoms with van der Waals surface area (Å²) in [4.78, 5) is 21.6. The average Bonchev–Trinajstić information content (AvgIpc) is 2.76. The van der Waals surface area contributed by atoms with Crippen molar-refractivity contribution in [1.29, 1.82) is 0 Å². The average molecular weight is 436 g/mol. The minimum Gasteiger partial charge on any atom is -0.506 e. The van der Waals surface area contributed by atoms with E-state index < -0.39 is 0 Å². The van der Waals surface area contributed by atoms with Crippen molar-refractivity contribution in [3.8, 4) is 5.75 Å². The van der Waals surface area contributed by atoms with Gasteiger partial charge in [0, 0.05) is 44.3 Å². The van der Waals surface area contributed by atoms with Gasteiger partial charge in [0.1, 0.15) is 5.75 Å². The molecule has 2 aliphatic rings. The topological polar surface area (TPSA) is 80.2 Å². The van der Waals surface area contributed by atoms with Crippen molar-refractivity contribution in [1.82, 2.24) is 10.2 Å². The molecule has 0 bridgehead atoms. The summed E-state index contributed by atoms with van der Waals surface area (Å²) in [5, 5.41) is 16.6. The van der Waals surface area contributed by atoms with E-state index in [1.807, 2.05) is 42.5 Å². The standard InChI is InChI=1S/C25H33N5O2/c1-2-26-25(30-15-13-29(14-16-30)22-11-3-4-12-23(22)31)27-18-19-7-5-10-21(17-19)28-24(32)20-8-6-9-20/h3-5,7,10-12,17,20,31H,2,6,8-9,13-16,18H2,1H3,(H,26,27)(H,28,32). The van der Waals surface area contributed by atoms with Crippen molar-refractivity contribution >= 4 is 23.2 Å². The molecule has 1 amide bonds. The molecule has 7 nitrogen and oxygen atoms in total. The molecule has 2 aromatic rings. The Balaban J connectivity index is 1.37. The number of phenolic OH excluding ortho intramolecular Hbond substituents is 1. The molecule has 1 aliphatic heterocycles. The van der Waals surface area contributed by atoms with E-state index >= 15 is 0 Å². The Morgan fingerprint density at radius 3 is 2.56 bits per heavy atom. The van der Waals surface area contributed by atoms with E-state index in [2.05, 4.69) is 27.4 Å². The van der Waals surface area contributed by atoms with Crippen molar-refractivity contribution < 1.29 is 9.90 Å². The van der Waals surface area contributed by atoms with Crippen LogP contribution in [0.1, 0.15) is 31.7 Å². The molecular weight excluding hydrogens is 402 g/mol. The van der Waals surface area contributed by atoms with E-state index in [1.54, 1.807) is 6.07 Å². The second-order valence-electron chi connectivity index (χ2n) is 8.45. The van der Waals surface area contributed by atoms with Crippen LogP contribution in [0.15, 0.2) is 53.5 Å². The quantitative estimate of drug-likeness (QED) is 0.479. The summed E-state index contributed by atoms with van der Waals surface area (Å²) in [5.41, 5.74) is 2.80. The number of aromatic hydroxyl groups is 1. The van der Waals surface area contributed by atoms with Gasteiger partial charge in [-0.3, -0.25) is 4.79 Å². The summed E-state index contributed by atoms with van der Waals surface area (Å²) >= 11 is 0. The zero-order valence-electron chi connectivity index (χ0n) is 18.8. The maximum atomic E-state index is 12.2. The molecule has 0 radical (unpaired) electrons. The van der Waals surface area contributed by atoms with Crippen LogP contribution in [0.25, 0.3) is 0 Å². The highest BCUT2D eigenvalue weighted by Crippen LogP contribution is 2.28. The van der Waals surface area contributed by atoms with E-state index in [0.29, 0.717) is 12.3 Å². The molecule has 1 saturated heterocycles. The third-order valence-electron chi connectivity index (χ3n) is 6.22. The van der Waals surface area contributed by atoms with Gasteiger partial charge in [0.25, 0.3) is 0 Å². The number of hydrogen-bond acceptors (Lipinski definition) is 4. The number of hydrogen-bond donors (Lipinski definition) is 3. The predicted molar refractivity (Wildman–Crippen MR) is 129 cm³/mol. The molecule has 0 aromatic heterocycles. The van der Waals surface area contributed by atoms with Gasteiger partial charge in [0.2, 0.25) is 5.91 Å². The van der Waals surface area contributed by atoms with Crippen LogP contribution in [-0.4, -0.2) is 54.6 Å². The monoisotopic (exact) mass is 435 g/mol. The van der Waals surface area contributed by atoms with Crippen molar-refractivity contribution in [3.05, 3.63) is 54.1 Å². The minimum absolute atomic E-state index is 0.132. The molecule has 0 atom stereocenters. The van der Waals surface area contributed by atoms with Gasteiger partial charge in [-0.15, -0.1) is 0 Å². The van der Waals surface area contributed by atoms with Gasteiger partial charge in [-0.25, -0.2) is 4.99 Å². The molecule has 0 unspecified atom stereocenters. The second-order valence-corrected chi connectivity index (χ2v) is 8.45. The first-order valence-electron chi connectivity index (χ1n) is 11.6. The first kappa shape index (κ1) is 22.0. The highest BCUT2D eigenvalue weighted by Gasteiger charge is 2.25. The lowest BCUT2D eigenvalue weighted by Crippen LogP contribution is -2.52. The largest absolute Gasteiger partial charge is 0.506 e. The van der Waals surface area contributed by atoms with Crippen molar-refractivity contribution in [2.24, 2.45) is 10.9 Å². The number of piperazine rings is 1. The van der Waals surface area contributed by atoms with Crippen LogP contribution in [-0.2, 0) is 11.3 Å². The Kier molecular flexibility index (Phi) is 7.14. The first-order valence-corrected chi connectivity index (χ1v) is 11.6. The third kappa shape index (κ3) is 5.33. The fraction of sp³-hybridized carbons (Fsp3) is 0.440. The Hall–Kier alpha value is -3.22. The van der Waals surface area contributed by atoms with E-state index in [-0.39, 0.29) is 11.8 Å². The van der Waals surface area contributed by atoms with Crippen LogP contribution in [0, 0.1) is 5.92 Å². The lowest BCUT2D eigenvalue weighted by Gasteiger charge is -2.37. The third-order valence-corrected chi connectivity index (χ3v) is 6.22. The molecule has 2 aromatic carbocycles. The molecule has 1 saturated carbocycles. The fourth-order valence-electron chi connectivity index (χ4n) is 4.14. The Morgan fingerprint density at radius 2 is 1.88 bits per heavy atom. The number of guanidine groups is 1. The number of phenols is 1. The van der Waals surface area contributed by atoms with Gasteiger partial charge in [-0.05, 0) is 49.6 Å². The van der Waals surface area contributed by atoms with Crippen LogP contribution in [0.2, 0.25) is 0 Å². The number of aliphatic imine (C=N–C) groups is 1. The van der Waals surface area contributed by atoms with Crippen molar-refractivity contribution in [3.63, 3.8) is 0 Å². The highest BCUT2D eigenvalue weighted by molar-refractivity contribution is 5.93. The predicted octanol–water partition coefficient (Wildman–Crippen LogP) is 3.42. The molecule has 7 heteroatoms. The molecule has 4 rings (SSSR count). The minimum atomic E-state index is 0.132. The van der Waals surface area contributed by atoms with Crippen LogP contribution in [0.4, 0.5) is 11.4 Å². The number of amides is 1. The lowest BCUT2D eigenvalue weighted by atomic mass is 9.85. The Morgan fingerprint density at radius 1 is 1.09 bits per heavy atom. The van der Waals surface area contributed by atoms with Gasteiger partial charge in [0.05, 0.1) is 12.2 Å². The van der Waals surface area contributed by atoms with Gasteiger partial charge < -0.3 is 25.5 Å². The van der Waals surface area contributed by atoms with E-state index in [1.165, 1.54) is 0 Å². The number of carbonyl (C=O) groups is 1. The molecule has 170 valence electrons. The van der Waals surface area contributed by atoms with Gasteiger partial charge in [0.15, 0.2) is 5.96 Å². The lowest BCUT2D eigenvalue weighted by molar-refractivity contribution is -0.122. The molecule has 1 heterocycles. The second kappa shape index (κ2) is 10.4. The molecular formula is C25H33N5O2. The summed E-state index contributed by atoms with van der Waals surface area (Å²) in [6.07, 6.45) is 3.15. The number of nitrogens with zero attached hydrogens (tertiary/aromatic N) is 3. The summed E-state index contributed by atoms with van der Waals surface area (Å²) in [7, 11) is 0. The maximum Gasteiger partial charge on any atom is 0.227 e. The first-order chi connectivity index (χ1) is 15.6. The van der Waals surface area contributed by atoms with Crippen LogP contribution in [0.5, 0.6) is 5.75 Å². The number of anilines is 2. The SMILES string of the molecule is CCNC(=NCc1cccc(NC(=O)C2CCC2)c1)N1CCN(c2ccccc2O)CC1. The van der Waals surface area contributed by atoms with E-state index in [4.69, 9.17) is 4.99 Å². The molecule has 0 spiro atoms. The number of para-hydroxylation sites is 2. The van der Waals surface area contributed by atoms with E-state index in [0.717, 1.165) is 74.9 Å². The summed E-state index contributed by atoms with van der Waals surface area (Å²) in [5.74, 6) is 1.53. The van der Waals surface area contributed by atoms with Gasteiger partial charge >= 0.3 is 0 Å².